The number of rotatable bonds is 16. The lowest BCUT2D eigenvalue weighted by molar-refractivity contribution is -0.00615. The summed E-state index contributed by atoms with van der Waals surface area (Å²) in [5, 5.41) is 5.28. The molecule has 0 aliphatic rings. The summed E-state index contributed by atoms with van der Waals surface area (Å²) < 4.78 is 23.8. The molecule has 0 aromatic heterocycles. The lowest BCUT2D eigenvalue weighted by atomic mass is 9.77. The Labute approximate surface area is 218 Å². The summed E-state index contributed by atoms with van der Waals surface area (Å²) in [4.78, 5) is 0. The maximum absolute atomic E-state index is 5.95. The Bertz CT molecular complexity index is 931. The fourth-order valence-electron chi connectivity index (χ4n) is 5.22. The number of fused-ring (bicyclic) bond motifs is 2. The van der Waals surface area contributed by atoms with Gasteiger partial charge in [0.2, 0.25) is 0 Å². The molecular formula is C32H46O4. The highest BCUT2D eigenvalue weighted by Gasteiger charge is 2.31. The Hall–Kier alpha value is -1.98. The van der Waals surface area contributed by atoms with Crippen LogP contribution in [-0.2, 0) is 31.8 Å². The van der Waals surface area contributed by atoms with Crippen LogP contribution in [0.25, 0.3) is 21.5 Å². The predicted octanol–water partition coefficient (Wildman–Crippen LogP) is 7.24. The summed E-state index contributed by atoms with van der Waals surface area (Å²) in [6.07, 6.45) is 1.78. The van der Waals surface area contributed by atoms with Gasteiger partial charge in [0.15, 0.2) is 0 Å². The predicted molar refractivity (Wildman–Crippen MR) is 151 cm³/mol. The minimum absolute atomic E-state index is 0.114. The van der Waals surface area contributed by atoms with Gasteiger partial charge in [-0.2, -0.15) is 0 Å². The third-order valence-electron chi connectivity index (χ3n) is 6.98. The second-order valence-corrected chi connectivity index (χ2v) is 10.6. The molecule has 0 saturated heterocycles. The largest absolute Gasteiger partial charge is 0.381 e. The van der Waals surface area contributed by atoms with Crippen LogP contribution in [0.3, 0.4) is 0 Å². The van der Waals surface area contributed by atoms with E-state index in [0.717, 1.165) is 12.8 Å². The van der Waals surface area contributed by atoms with E-state index in [1.165, 1.54) is 32.7 Å². The van der Waals surface area contributed by atoms with Crippen LogP contribution in [0.4, 0.5) is 0 Å². The molecule has 0 N–H and O–H groups in total. The van der Waals surface area contributed by atoms with Crippen molar-refractivity contribution in [2.45, 2.75) is 54.4 Å². The average Bonchev–Trinajstić information content (AvgIpc) is 2.90. The topological polar surface area (TPSA) is 36.9 Å². The van der Waals surface area contributed by atoms with E-state index < -0.39 is 0 Å². The monoisotopic (exact) mass is 494 g/mol. The molecule has 3 aromatic rings. The van der Waals surface area contributed by atoms with Gasteiger partial charge in [0.05, 0.1) is 26.4 Å². The van der Waals surface area contributed by atoms with Crippen molar-refractivity contribution in [1.82, 2.24) is 0 Å². The molecule has 0 radical (unpaired) electrons. The zero-order valence-electron chi connectivity index (χ0n) is 23.3. The van der Waals surface area contributed by atoms with Crippen molar-refractivity contribution in [2.24, 2.45) is 10.8 Å². The molecule has 0 aliphatic heterocycles. The van der Waals surface area contributed by atoms with E-state index in [1.54, 1.807) is 0 Å². The molecule has 3 rings (SSSR count). The van der Waals surface area contributed by atoms with Crippen molar-refractivity contribution < 1.29 is 18.9 Å². The van der Waals surface area contributed by atoms with E-state index >= 15 is 0 Å². The first-order chi connectivity index (χ1) is 17.4. The van der Waals surface area contributed by atoms with Gasteiger partial charge in [0.25, 0.3) is 0 Å². The van der Waals surface area contributed by atoms with Crippen molar-refractivity contribution >= 4 is 21.5 Å². The average molecular weight is 495 g/mol. The van der Waals surface area contributed by atoms with Crippen molar-refractivity contribution in [3.63, 3.8) is 0 Å². The molecular weight excluding hydrogens is 448 g/mol. The van der Waals surface area contributed by atoms with Crippen molar-refractivity contribution in [2.75, 3.05) is 52.9 Å². The van der Waals surface area contributed by atoms with Crippen molar-refractivity contribution in [3.05, 3.63) is 59.7 Å². The van der Waals surface area contributed by atoms with Crippen LogP contribution in [0.5, 0.6) is 0 Å². The van der Waals surface area contributed by atoms with Gasteiger partial charge in [0, 0.05) is 37.3 Å². The van der Waals surface area contributed by atoms with Gasteiger partial charge in [-0.05, 0) is 73.2 Å². The van der Waals surface area contributed by atoms with Crippen LogP contribution in [0.2, 0.25) is 0 Å². The molecule has 198 valence electrons. The molecule has 0 spiro atoms. The molecule has 0 atom stereocenters. The van der Waals surface area contributed by atoms with E-state index in [4.69, 9.17) is 18.9 Å². The standard InChI is InChI=1S/C32H46O4/c1-7-33-21-31(5,22-34-8-2)19-29-25-15-11-13-17-27(25)30(28-18-14-12-16-26(28)29)20-32(6,23-35-9-3)24-36-10-4/h11-18H,7-10,19-24H2,1-6H3. The highest BCUT2D eigenvalue weighted by molar-refractivity contribution is 6.06. The molecule has 0 amide bonds. The van der Waals surface area contributed by atoms with Crippen LogP contribution in [0.15, 0.2) is 48.5 Å². The molecule has 4 nitrogen and oxygen atoms in total. The second-order valence-electron chi connectivity index (χ2n) is 10.6. The van der Waals surface area contributed by atoms with Gasteiger partial charge in [0.1, 0.15) is 0 Å². The Balaban J connectivity index is 2.17. The lowest BCUT2D eigenvalue weighted by Crippen LogP contribution is -2.33. The number of hydrogen-bond acceptors (Lipinski definition) is 4. The molecule has 4 heteroatoms. The molecule has 0 bridgehead atoms. The van der Waals surface area contributed by atoms with E-state index in [9.17, 15) is 0 Å². The normalized spacial score (nSPS) is 12.6. The third kappa shape index (κ3) is 7.07. The van der Waals surface area contributed by atoms with Gasteiger partial charge in [-0.3, -0.25) is 0 Å². The first-order valence-electron chi connectivity index (χ1n) is 13.6. The first kappa shape index (κ1) is 28.6. The number of hydrogen-bond donors (Lipinski definition) is 0. The maximum Gasteiger partial charge on any atom is 0.0544 e. The summed E-state index contributed by atoms with van der Waals surface area (Å²) in [7, 11) is 0. The SMILES string of the molecule is CCOCC(C)(COCC)Cc1c2ccccc2c(CC(C)(COCC)COCC)c2ccccc12. The zero-order valence-corrected chi connectivity index (χ0v) is 23.3. The van der Waals surface area contributed by atoms with Gasteiger partial charge in [-0.15, -0.1) is 0 Å². The Morgan fingerprint density at radius 2 is 0.722 bits per heavy atom. The molecule has 0 fully saturated rings. The van der Waals surface area contributed by atoms with E-state index in [2.05, 4.69) is 90.1 Å². The van der Waals surface area contributed by atoms with E-state index in [0.29, 0.717) is 52.9 Å². The van der Waals surface area contributed by atoms with E-state index in [1.807, 2.05) is 0 Å². The molecule has 0 saturated carbocycles. The molecule has 36 heavy (non-hydrogen) atoms. The Morgan fingerprint density at radius 1 is 0.472 bits per heavy atom. The highest BCUT2D eigenvalue weighted by Crippen LogP contribution is 2.39. The number of benzene rings is 3. The summed E-state index contributed by atoms with van der Waals surface area (Å²) in [5.41, 5.74) is 2.53. The molecule has 3 aromatic carbocycles. The highest BCUT2D eigenvalue weighted by atomic mass is 16.5. The summed E-state index contributed by atoms with van der Waals surface area (Å²) >= 11 is 0. The lowest BCUT2D eigenvalue weighted by Gasteiger charge is -2.32. The second kappa shape index (κ2) is 13.5. The van der Waals surface area contributed by atoms with Crippen LogP contribution in [0, 0.1) is 10.8 Å². The van der Waals surface area contributed by atoms with Gasteiger partial charge < -0.3 is 18.9 Å². The fraction of sp³-hybridized carbons (Fsp3) is 0.562. The number of ether oxygens (including phenoxy) is 4. The molecule has 0 heterocycles. The van der Waals surface area contributed by atoms with Crippen LogP contribution < -0.4 is 0 Å². The minimum Gasteiger partial charge on any atom is -0.381 e. The third-order valence-corrected chi connectivity index (χ3v) is 6.98. The maximum atomic E-state index is 5.95. The molecule has 0 aliphatic carbocycles. The van der Waals surface area contributed by atoms with Crippen LogP contribution in [-0.4, -0.2) is 52.9 Å². The zero-order chi connectivity index (χ0) is 26.0. The Morgan fingerprint density at radius 3 is 0.944 bits per heavy atom. The molecule has 0 unspecified atom stereocenters. The first-order valence-corrected chi connectivity index (χ1v) is 13.6. The quantitative estimate of drug-likeness (QED) is 0.197. The van der Waals surface area contributed by atoms with Gasteiger partial charge in [-0.1, -0.05) is 62.4 Å². The minimum atomic E-state index is -0.114. The fourth-order valence-corrected chi connectivity index (χ4v) is 5.22. The van der Waals surface area contributed by atoms with Crippen molar-refractivity contribution in [1.29, 1.82) is 0 Å². The summed E-state index contributed by atoms with van der Waals surface area (Å²) in [5.74, 6) is 0. The summed E-state index contributed by atoms with van der Waals surface area (Å²) in [6, 6.07) is 17.8. The van der Waals surface area contributed by atoms with Gasteiger partial charge in [-0.25, -0.2) is 0 Å². The van der Waals surface area contributed by atoms with Crippen molar-refractivity contribution in [3.8, 4) is 0 Å². The van der Waals surface area contributed by atoms with Crippen LogP contribution in [0.1, 0.15) is 52.7 Å². The Kier molecular flexibility index (Phi) is 10.7. The van der Waals surface area contributed by atoms with Crippen LogP contribution >= 0.6 is 0 Å². The summed E-state index contributed by atoms with van der Waals surface area (Å²) in [6.45, 7) is 18.3. The van der Waals surface area contributed by atoms with E-state index in [-0.39, 0.29) is 10.8 Å². The smallest absolute Gasteiger partial charge is 0.0544 e. The van der Waals surface area contributed by atoms with Gasteiger partial charge >= 0.3 is 0 Å².